The van der Waals surface area contributed by atoms with E-state index in [1.54, 1.807) is 49.6 Å². The summed E-state index contributed by atoms with van der Waals surface area (Å²) in [6, 6.07) is 10.8. The first kappa shape index (κ1) is 25.5. The smallest absolute Gasteiger partial charge is 0.141 e. The number of aliphatic hydroxyl groups excluding tert-OH is 1. The molecule has 190 valence electrons. The van der Waals surface area contributed by atoms with Crippen LogP contribution in [0.3, 0.4) is 0 Å². The van der Waals surface area contributed by atoms with E-state index in [1.807, 2.05) is 0 Å². The number of ether oxygens (including phenoxy) is 2. The summed E-state index contributed by atoms with van der Waals surface area (Å²) >= 11 is 0. The molecular weight excluding hydrogens is 477 g/mol. The molecule has 0 fully saturated rings. The Kier molecular flexibility index (Phi) is 8.16. The molecule has 0 amide bonds. The minimum Gasteiger partial charge on any atom is -0.489 e. The van der Waals surface area contributed by atoms with Crippen LogP contribution in [0.5, 0.6) is 17.2 Å². The van der Waals surface area contributed by atoms with Crippen LogP contribution in [0.15, 0.2) is 61.2 Å². The zero-order valence-electron chi connectivity index (χ0n) is 20.1. The first-order chi connectivity index (χ1) is 17.9. The van der Waals surface area contributed by atoms with Gasteiger partial charge in [-0.1, -0.05) is 0 Å². The number of nitrogens with zero attached hydrogens (tertiary/aromatic N) is 4. The van der Waals surface area contributed by atoms with E-state index in [0.717, 1.165) is 5.56 Å². The number of halogens is 1. The molecule has 0 spiro atoms. The lowest BCUT2D eigenvalue weighted by molar-refractivity contribution is 0.292. The van der Waals surface area contributed by atoms with Gasteiger partial charge in [0, 0.05) is 54.9 Å². The van der Waals surface area contributed by atoms with Crippen molar-refractivity contribution in [3.8, 4) is 17.2 Å². The summed E-state index contributed by atoms with van der Waals surface area (Å²) in [6.45, 7) is 2.47. The minimum absolute atomic E-state index is 0.0302. The zero-order valence-corrected chi connectivity index (χ0v) is 20.1. The van der Waals surface area contributed by atoms with Gasteiger partial charge in [0.25, 0.3) is 0 Å². The second kappa shape index (κ2) is 11.9. The van der Waals surface area contributed by atoms with Gasteiger partial charge in [-0.25, -0.2) is 24.3 Å². The first-order valence-corrected chi connectivity index (χ1v) is 11.5. The van der Waals surface area contributed by atoms with Crippen molar-refractivity contribution in [2.45, 2.75) is 20.0 Å². The molecule has 0 unspecified atom stereocenters. The predicted octanol–water partition coefficient (Wildman–Crippen LogP) is 3.88. The summed E-state index contributed by atoms with van der Waals surface area (Å²) in [5, 5.41) is 20.7. The fourth-order valence-corrected chi connectivity index (χ4v) is 3.38. The molecule has 2 aromatic heterocycles. The zero-order chi connectivity index (χ0) is 26.2. The maximum Gasteiger partial charge on any atom is 0.141 e. The lowest BCUT2D eigenvalue weighted by atomic mass is 10.0. The van der Waals surface area contributed by atoms with Crippen LogP contribution in [-0.4, -0.2) is 43.9 Å². The van der Waals surface area contributed by atoms with Gasteiger partial charge in [-0.2, -0.15) is 0 Å². The molecule has 0 aliphatic carbocycles. The Balaban J connectivity index is 1.45. The van der Waals surface area contributed by atoms with Crippen molar-refractivity contribution in [3.63, 3.8) is 0 Å². The number of benzene rings is 2. The van der Waals surface area contributed by atoms with Crippen molar-refractivity contribution in [1.82, 2.24) is 19.9 Å². The summed E-state index contributed by atoms with van der Waals surface area (Å²) in [5.74, 6) is 1.73. The van der Waals surface area contributed by atoms with Crippen LogP contribution in [0.4, 0.5) is 16.0 Å². The standard InChI is InChI=1S/C26H26FN7O3/c1-16-31-12-17(13-32-16)14-36-21-9-19(27)10-22(11-21)37-20-5-3-18(4-6-20)24(28)23-25(29)33-15-34-26(23)30-7-2-8-35/h3-6,9-13,15,28,35H,2,7-8,14H2,1H3,(H3,29,30,33,34). The van der Waals surface area contributed by atoms with E-state index in [0.29, 0.717) is 47.2 Å². The number of nitrogens with one attached hydrogen (secondary N) is 2. The maximum atomic E-state index is 14.2. The second-order valence-electron chi connectivity index (χ2n) is 8.04. The Morgan fingerprint density at radius 2 is 1.76 bits per heavy atom. The largest absolute Gasteiger partial charge is 0.489 e. The van der Waals surface area contributed by atoms with Crippen molar-refractivity contribution in [3.05, 3.63) is 89.5 Å². The Labute approximate surface area is 212 Å². The Morgan fingerprint density at radius 1 is 1.03 bits per heavy atom. The molecule has 37 heavy (non-hydrogen) atoms. The highest BCUT2D eigenvalue weighted by Crippen LogP contribution is 2.29. The number of anilines is 2. The van der Waals surface area contributed by atoms with Crippen molar-refractivity contribution < 1.29 is 19.0 Å². The molecule has 2 aromatic carbocycles. The molecule has 0 radical (unpaired) electrons. The third-order valence-corrected chi connectivity index (χ3v) is 5.22. The van der Waals surface area contributed by atoms with E-state index < -0.39 is 5.82 Å². The number of hydrogen-bond acceptors (Lipinski definition) is 10. The van der Waals surface area contributed by atoms with E-state index in [2.05, 4.69) is 25.3 Å². The summed E-state index contributed by atoms with van der Waals surface area (Å²) in [4.78, 5) is 16.4. The van der Waals surface area contributed by atoms with E-state index in [4.69, 9.17) is 25.7 Å². The second-order valence-corrected chi connectivity index (χ2v) is 8.04. The number of nitrogen functional groups attached to an aromatic ring is 1. The highest BCUT2D eigenvalue weighted by Gasteiger charge is 2.16. The molecular formula is C26H26FN7O3. The molecule has 11 heteroatoms. The molecule has 5 N–H and O–H groups in total. The fourth-order valence-electron chi connectivity index (χ4n) is 3.38. The average Bonchev–Trinajstić information content (AvgIpc) is 2.88. The average molecular weight is 504 g/mol. The summed E-state index contributed by atoms with van der Waals surface area (Å²) in [5.41, 5.74) is 7.83. The third-order valence-electron chi connectivity index (χ3n) is 5.22. The van der Waals surface area contributed by atoms with Crippen LogP contribution < -0.4 is 20.5 Å². The molecule has 4 aromatic rings. The van der Waals surface area contributed by atoms with Gasteiger partial charge in [-0.3, -0.25) is 5.41 Å². The fraction of sp³-hybridized carbons (Fsp3) is 0.192. The number of rotatable bonds is 11. The van der Waals surface area contributed by atoms with Gasteiger partial charge in [-0.05, 0) is 37.6 Å². The normalized spacial score (nSPS) is 10.7. The van der Waals surface area contributed by atoms with Crippen molar-refractivity contribution >= 4 is 17.3 Å². The Bertz CT molecular complexity index is 1370. The molecule has 4 rings (SSSR count). The van der Waals surface area contributed by atoms with Gasteiger partial charge < -0.3 is 25.6 Å². The minimum atomic E-state index is -0.508. The molecule has 0 bridgehead atoms. The number of aryl methyl sites for hydroxylation is 1. The van der Waals surface area contributed by atoms with Crippen LogP contribution in [-0.2, 0) is 6.61 Å². The monoisotopic (exact) mass is 503 g/mol. The number of aromatic nitrogens is 4. The van der Waals surface area contributed by atoms with Crippen LogP contribution >= 0.6 is 0 Å². The highest BCUT2D eigenvalue weighted by molar-refractivity contribution is 6.16. The molecule has 2 heterocycles. The van der Waals surface area contributed by atoms with Crippen LogP contribution in [0, 0.1) is 18.2 Å². The van der Waals surface area contributed by atoms with Gasteiger partial charge in [0.2, 0.25) is 0 Å². The first-order valence-electron chi connectivity index (χ1n) is 11.5. The lowest BCUT2D eigenvalue weighted by Crippen LogP contribution is -2.15. The Morgan fingerprint density at radius 3 is 2.49 bits per heavy atom. The molecule has 0 aliphatic heterocycles. The number of hydrogen-bond donors (Lipinski definition) is 4. The van der Waals surface area contributed by atoms with Crippen LogP contribution in [0.25, 0.3) is 0 Å². The predicted molar refractivity (Wildman–Crippen MR) is 137 cm³/mol. The lowest BCUT2D eigenvalue weighted by Gasteiger charge is -2.14. The maximum absolute atomic E-state index is 14.2. The van der Waals surface area contributed by atoms with Gasteiger partial charge in [-0.15, -0.1) is 0 Å². The molecule has 0 saturated carbocycles. The van der Waals surface area contributed by atoms with E-state index in [1.165, 1.54) is 18.5 Å². The quantitative estimate of drug-likeness (QED) is 0.176. The van der Waals surface area contributed by atoms with E-state index in [9.17, 15) is 4.39 Å². The van der Waals surface area contributed by atoms with Gasteiger partial charge >= 0.3 is 0 Å². The summed E-state index contributed by atoms with van der Waals surface area (Å²) < 4.78 is 25.7. The number of aliphatic hydroxyl groups is 1. The van der Waals surface area contributed by atoms with Gasteiger partial charge in [0.1, 0.15) is 53.5 Å². The van der Waals surface area contributed by atoms with Gasteiger partial charge in [0.05, 0.1) is 11.3 Å². The SMILES string of the molecule is Cc1ncc(COc2cc(F)cc(Oc3ccc(C(=N)c4c(N)ncnc4NCCCO)cc3)c2)cn1. The van der Waals surface area contributed by atoms with Crippen molar-refractivity contribution in [1.29, 1.82) is 5.41 Å². The molecule has 0 saturated heterocycles. The third kappa shape index (κ3) is 6.73. The van der Waals surface area contributed by atoms with E-state index in [-0.39, 0.29) is 30.5 Å². The van der Waals surface area contributed by atoms with Crippen LogP contribution in [0.2, 0.25) is 0 Å². The van der Waals surface area contributed by atoms with E-state index >= 15 is 0 Å². The number of nitrogens with two attached hydrogens (primary N) is 1. The van der Waals surface area contributed by atoms with Crippen molar-refractivity contribution in [2.24, 2.45) is 0 Å². The molecule has 10 nitrogen and oxygen atoms in total. The molecule has 0 atom stereocenters. The molecule has 0 aliphatic rings. The highest BCUT2D eigenvalue weighted by atomic mass is 19.1. The topological polar surface area (TPSA) is 152 Å². The summed E-state index contributed by atoms with van der Waals surface area (Å²) in [7, 11) is 0. The summed E-state index contributed by atoms with van der Waals surface area (Å²) in [6.07, 6.45) is 5.15. The van der Waals surface area contributed by atoms with Gasteiger partial charge in [0.15, 0.2) is 0 Å². The van der Waals surface area contributed by atoms with Crippen molar-refractivity contribution in [2.75, 3.05) is 24.2 Å². The van der Waals surface area contributed by atoms with Crippen LogP contribution in [0.1, 0.15) is 28.9 Å². The Hall–Kier alpha value is -4.64.